The molecule has 5 nitrogen and oxygen atoms in total. The molecule has 5 heteroatoms. The molecular formula is C7H14N4O. The van der Waals surface area contributed by atoms with Gasteiger partial charge in [-0.25, -0.2) is 4.99 Å². The van der Waals surface area contributed by atoms with Crippen LogP contribution in [0.5, 0.6) is 0 Å². The third kappa shape index (κ3) is 3.70. The zero-order valence-corrected chi connectivity index (χ0v) is 7.56. The van der Waals surface area contributed by atoms with Crippen molar-refractivity contribution < 1.29 is 4.79 Å². The summed E-state index contributed by atoms with van der Waals surface area (Å²) in [5.74, 6) is 0.155. The van der Waals surface area contributed by atoms with Gasteiger partial charge < -0.3 is 10.6 Å². The molecule has 0 bridgehead atoms. The highest BCUT2D eigenvalue weighted by atomic mass is 16.1. The van der Waals surface area contributed by atoms with Crippen molar-refractivity contribution in [1.82, 2.24) is 4.90 Å². The summed E-state index contributed by atoms with van der Waals surface area (Å²) in [7, 11) is 1.54. The second kappa shape index (κ2) is 5.29. The summed E-state index contributed by atoms with van der Waals surface area (Å²) in [6, 6.07) is 0.0795. The topological polar surface area (TPSA) is 71.0 Å². The van der Waals surface area contributed by atoms with E-state index in [0.29, 0.717) is 6.41 Å². The van der Waals surface area contributed by atoms with Crippen LogP contribution in [-0.4, -0.2) is 36.7 Å². The second-order valence-electron chi connectivity index (χ2n) is 2.47. The number of amides is 1. The molecule has 68 valence electrons. The van der Waals surface area contributed by atoms with Gasteiger partial charge in [-0.05, 0) is 13.8 Å². The molecule has 0 aliphatic rings. The summed E-state index contributed by atoms with van der Waals surface area (Å²) in [4.78, 5) is 19.1. The van der Waals surface area contributed by atoms with Crippen molar-refractivity contribution in [3.05, 3.63) is 0 Å². The Labute approximate surface area is 72.0 Å². The molecule has 0 atom stereocenters. The first-order chi connectivity index (χ1) is 5.61. The van der Waals surface area contributed by atoms with Crippen LogP contribution in [0.4, 0.5) is 0 Å². The monoisotopic (exact) mass is 170 g/mol. The van der Waals surface area contributed by atoms with E-state index in [9.17, 15) is 4.79 Å². The normalized spacial score (nSPS) is 12.5. The third-order valence-electron chi connectivity index (χ3n) is 1.27. The van der Waals surface area contributed by atoms with Crippen molar-refractivity contribution in [3.63, 3.8) is 0 Å². The van der Waals surface area contributed by atoms with E-state index < -0.39 is 0 Å². The van der Waals surface area contributed by atoms with E-state index in [1.807, 2.05) is 13.8 Å². The lowest BCUT2D eigenvalue weighted by Crippen LogP contribution is -2.28. The van der Waals surface area contributed by atoms with E-state index >= 15 is 0 Å². The summed E-state index contributed by atoms with van der Waals surface area (Å²) in [5.41, 5.74) is 5.29. The van der Waals surface area contributed by atoms with Crippen LogP contribution in [0.2, 0.25) is 0 Å². The van der Waals surface area contributed by atoms with Crippen molar-refractivity contribution in [2.75, 3.05) is 7.05 Å². The standard InChI is InChI=1S/C7H14N4O/c1-6(2)11(5-12)4-10-7(8)9-3/h4-6H,1-3H3,(H2,8,9). The van der Waals surface area contributed by atoms with E-state index in [4.69, 9.17) is 5.73 Å². The quantitative estimate of drug-likeness (QED) is 0.363. The minimum absolute atomic E-state index is 0.0795. The van der Waals surface area contributed by atoms with Gasteiger partial charge in [0.25, 0.3) is 0 Å². The zero-order valence-electron chi connectivity index (χ0n) is 7.56. The Morgan fingerprint density at radius 1 is 1.58 bits per heavy atom. The van der Waals surface area contributed by atoms with Gasteiger partial charge in [-0.3, -0.25) is 9.79 Å². The molecule has 0 aromatic heterocycles. The minimum Gasteiger partial charge on any atom is -0.368 e. The molecule has 0 saturated heterocycles. The lowest BCUT2D eigenvalue weighted by Gasteiger charge is -2.14. The molecule has 1 amide bonds. The molecule has 0 radical (unpaired) electrons. The minimum atomic E-state index is 0.0795. The van der Waals surface area contributed by atoms with Gasteiger partial charge in [0.05, 0.1) is 0 Å². The summed E-state index contributed by atoms with van der Waals surface area (Å²) in [6.07, 6.45) is 2.05. The number of guanidine groups is 1. The first-order valence-corrected chi connectivity index (χ1v) is 3.61. The fraction of sp³-hybridized carbons (Fsp3) is 0.571. The molecular weight excluding hydrogens is 156 g/mol. The number of nitrogens with two attached hydrogens (primary N) is 1. The number of carbonyl (C=O) groups is 1. The van der Waals surface area contributed by atoms with Crippen LogP contribution in [-0.2, 0) is 4.79 Å². The van der Waals surface area contributed by atoms with E-state index in [2.05, 4.69) is 9.98 Å². The van der Waals surface area contributed by atoms with Gasteiger partial charge in [0, 0.05) is 13.1 Å². The van der Waals surface area contributed by atoms with Gasteiger partial charge in [-0.2, -0.15) is 0 Å². The van der Waals surface area contributed by atoms with Gasteiger partial charge >= 0.3 is 0 Å². The maximum Gasteiger partial charge on any atom is 0.216 e. The van der Waals surface area contributed by atoms with Crippen molar-refractivity contribution in [3.8, 4) is 0 Å². The molecule has 0 unspecified atom stereocenters. The number of hydrogen-bond acceptors (Lipinski definition) is 2. The van der Waals surface area contributed by atoms with Crippen molar-refractivity contribution in [2.24, 2.45) is 15.7 Å². The average molecular weight is 170 g/mol. The SMILES string of the molecule is CN=C(N)N=CN(C=O)C(C)C. The molecule has 12 heavy (non-hydrogen) atoms. The van der Waals surface area contributed by atoms with Gasteiger partial charge in [-0.15, -0.1) is 0 Å². The van der Waals surface area contributed by atoms with Crippen molar-refractivity contribution in [2.45, 2.75) is 19.9 Å². The van der Waals surface area contributed by atoms with E-state index in [0.717, 1.165) is 0 Å². The molecule has 0 fully saturated rings. The molecule has 0 aliphatic heterocycles. The van der Waals surface area contributed by atoms with Gasteiger partial charge in [0.15, 0.2) is 0 Å². The van der Waals surface area contributed by atoms with Crippen LogP contribution in [0.3, 0.4) is 0 Å². The van der Waals surface area contributed by atoms with Crippen LogP contribution >= 0.6 is 0 Å². The first-order valence-electron chi connectivity index (χ1n) is 3.61. The van der Waals surface area contributed by atoms with Gasteiger partial charge in [0.1, 0.15) is 6.34 Å². The molecule has 0 rings (SSSR count). The van der Waals surface area contributed by atoms with E-state index in [1.54, 1.807) is 0 Å². The number of aliphatic imine (C=N–C) groups is 2. The smallest absolute Gasteiger partial charge is 0.216 e. The number of carbonyl (C=O) groups excluding carboxylic acids is 1. The highest BCUT2D eigenvalue weighted by Crippen LogP contribution is 1.89. The lowest BCUT2D eigenvalue weighted by atomic mass is 10.4. The largest absolute Gasteiger partial charge is 0.368 e. The Bertz CT molecular complexity index is 198. The first kappa shape index (κ1) is 10.6. The van der Waals surface area contributed by atoms with Crippen LogP contribution in [0.25, 0.3) is 0 Å². The second-order valence-corrected chi connectivity index (χ2v) is 2.47. The molecule has 0 spiro atoms. The van der Waals surface area contributed by atoms with Crippen LogP contribution in [0.15, 0.2) is 9.98 Å². The molecule has 0 saturated carbocycles. The van der Waals surface area contributed by atoms with Crippen LogP contribution < -0.4 is 5.73 Å². The summed E-state index contributed by atoms with van der Waals surface area (Å²) < 4.78 is 0. The summed E-state index contributed by atoms with van der Waals surface area (Å²) in [6.45, 7) is 3.75. The highest BCUT2D eigenvalue weighted by molar-refractivity contribution is 5.88. The fourth-order valence-electron chi connectivity index (χ4n) is 0.466. The molecule has 0 heterocycles. The molecule has 0 aromatic carbocycles. The Kier molecular flexibility index (Phi) is 4.67. The zero-order chi connectivity index (χ0) is 9.56. The number of nitrogens with zero attached hydrogens (tertiary/aromatic N) is 3. The van der Waals surface area contributed by atoms with Crippen LogP contribution in [0.1, 0.15) is 13.8 Å². The summed E-state index contributed by atoms with van der Waals surface area (Å²) >= 11 is 0. The van der Waals surface area contributed by atoms with Gasteiger partial charge in [-0.1, -0.05) is 0 Å². The Morgan fingerprint density at radius 3 is 2.50 bits per heavy atom. The number of rotatable bonds is 3. The molecule has 0 aliphatic carbocycles. The lowest BCUT2D eigenvalue weighted by molar-refractivity contribution is -0.115. The van der Waals surface area contributed by atoms with E-state index in [-0.39, 0.29) is 12.0 Å². The summed E-state index contributed by atoms with van der Waals surface area (Å²) in [5, 5.41) is 0. The van der Waals surface area contributed by atoms with Crippen LogP contribution in [0, 0.1) is 0 Å². The average Bonchev–Trinajstić information content (AvgIpc) is 2.04. The fourth-order valence-corrected chi connectivity index (χ4v) is 0.466. The predicted octanol–water partition coefficient (Wildman–Crippen LogP) is -0.174. The predicted molar refractivity (Wildman–Crippen MR) is 49.1 cm³/mol. The molecule has 0 aromatic rings. The maximum atomic E-state index is 10.4. The van der Waals surface area contributed by atoms with Crippen molar-refractivity contribution >= 4 is 18.7 Å². The highest BCUT2D eigenvalue weighted by Gasteiger charge is 2.01. The Hall–Kier alpha value is -1.39. The van der Waals surface area contributed by atoms with E-state index in [1.165, 1.54) is 18.3 Å². The third-order valence-corrected chi connectivity index (χ3v) is 1.27. The Morgan fingerprint density at radius 2 is 2.17 bits per heavy atom. The van der Waals surface area contributed by atoms with Gasteiger partial charge in [0.2, 0.25) is 12.4 Å². The maximum absolute atomic E-state index is 10.4. The number of hydrogen-bond donors (Lipinski definition) is 1. The Balaban J connectivity index is 4.20. The van der Waals surface area contributed by atoms with Crippen molar-refractivity contribution in [1.29, 1.82) is 0 Å². The molecule has 2 N–H and O–H groups in total.